The van der Waals surface area contributed by atoms with Gasteiger partial charge in [0.1, 0.15) is 10.6 Å². The van der Waals surface area contributed by atoms with Gasteiger partial charge in [0.15, 0.2) is 5.82 Å². The minimum absolute atomic E-state index is 0.173. The van der Waals surface area contributed by atoms with Gasteiger partial charge in [-0.1, -0.05) is 0 Å². The zero-order chi connectivity index (χ0) is 19.8. The maximum Gasteiger partial charge on any atom is 0.265 e. The average molecular weight is 395 g/mol. The van der Waals surface area contributed by atoms with Crippen molar-refractivity contribution in [3.05, 3.63) is 17.6 Å². The van der Waals surface area contributed by atoms with Crippen LogP contribution in [0, 0.1) is 13.8 Å². The Bertz CT molecular complexity index is 934. The summed E-state index contributed by atoms with van der Waals surface area (Å²) < 4.78 is 35.4. The summed E-state index contributed by atoms with van der Waals surface area (Å²) in [6, 6.07) is 0. The third kappa shape index (κ3) is 3.83. The number of anilines is 3. The van der Waals surface area contributed by atoms with E-state index in [0.29, 0.717) is 55.1 Å². The Morgan fingerprint density at radius 2 is 1.89 bits per heavy atom. The molecule has 10 nitrogen and oxygen atoms in total. The highest BCUT2D eigenvalue weighted by atomic mass is 32.2. The molecule has 1 saturated heterocycles. The number of sulfonamides is 1. The van der Waals surface area contributed by atoms with Gasteiger partial charge in [-0.25, -0.2) is 13.4 Å². The second-order valence-corrected chi connectivity index (χ2v) is 8.25. The van der Waals surface area contributed by atoms with E-state index < -0.39 is 10.0 Å². The van der Waals surface area contributed by atoms with Crippen LogP contribution in [0.25, 0.3) is 0 Å². The number of nitrogens with zero attached hydrogens (tertiary/aromatic N) is 6. The van der Waals surface area contributed by atoms with Crippen LogP contribution < -0.4 is 14.5 Å². The van der Waals surface area contributed by atoms with E-state index in [0.717, 1.165) is 0 Å². The first-order chi connectivity index (χ1) is 12.7. The van der Waals surface area contributed by atoms with Gasteiger partial charge in [-0.05, 0) is 13.8 Å². The molecule has 0 aliphatic carbocycles. The summed E-state index contributed by atoms with van der Waals surface area (Å²) in [5.41, 5.74) is 1.33. The molecule has 0 unspecified atom stereocenters. The molecule has 1 aliphatic heterocycles. The quantitative estimate of drug-likeness (QED) is 0.782. The SMILES string of the molecule is Cc1nn(C)c(C)c1S(=O)(=O)Nc1cnc(N2CCOCC2)nc1N(C)C. The van der Waals surface area contributed by atoms with Crippen LogP contribution in [0.3, 0.4) is 0 Å². The van der Waals surface area contributed by atoms with E-state index in [1.54, 1.807) is 30.5 Å². The number of aryl methyl sites for hydroxylation is 2. The van der Waals surface area contributed by atoms with E-state index in [1.165, 1.54) is 6.20 Å². The van der Waals surface area contributed by atoms with Gasteiger partial charge in [0.25, 0.3) is 10.0 Å². The predicted molar refractivity (Wildman–Crippen MR) is 103 cm³/mol. The molecule has 1 aliphatic rings. The molecule has 11 heteroatoms. The van der Waals surface area contributed by atoms with Crippen LogP contribution in [0.4, 0.5) is 17.5 Å². The second-order valence-electron chi connectivity index (χ2n) is 6.63. The van der Waals surface area contributed by atoms with Crippen molar-refractivity contribution in [1.29, 1.82) is 0 Å². The van der Waals surface area contributed by atoms with E-state index in [2.05, 4.69) is 19.8 Å². The molecule has 0 atom stereocenters. The van der Waals surface area contributed by atoms with Gasteiger partial charge < -0.3 is 14.5 Å². The fourth-order valence-electron chi connectivity index (χ4n) is 3.03. The van der Waals surface area contributed by atoms with E-state index in [9.17, 15) is 8.42 Å². The lowest BCUT2D eigenvalue weighted by Gasteiger charge is -2.28. The maximum atomic E-state index is 13.0. The minimum Gasteiger partial charge on any atom is -0.378 e. The van der Waals surface area contributed by atoms with E-state index in [4.69, 9.17) is 4.74 Å². The molecular formula is C16H25N7O3S. The third-order valence-corrected chi connectivity index (χ3v) is 6.05. The largest absolute Gasteiger partial charge is 0.378 e. The minimum atomic E-state index is -3.82. The number of hydrogen-bond acceptors (Lipinski definition) is 8. The van der Waals surface area contributed by atoms with Gasteiger partial charge in [0.05, 0.1) is 30.8 Å². The van der Waals surface area contributed by atoms with Crippen LogP contribution in [0.1, 0.15) is 11.4 Å². The number of morpholine rings is 1. The fraction of sp³-hybridized carbons (Fsp3) is 0.562. The Morgan fingerprint density at radius 3 is 2.44 bits per heavy atom. The van der Waals surface area contributed by atoms with Crippen LogP contribution in [-0.2, 0) is 21.8 Å². The first kappa shape index (κ1) is 19.4. The smallest absolute Gasteiger partial charge is 0.265 e. The van der Waals surface area contributed by atoms with Crippen LogP contribution in [0.2, 0.25) is 0 Å². The van der Waals surface area contributed by atoms with Crippen LogP contribution >= 0.6 is 0 Å². The van der Waals surface area contributed by atoms with E-state index in [-0.39, 0.29) is 4.90 Å². The first-order valence-corrected chi connectivity index (χ1v) is 10.1. The van der Waals surface area contributed by atoms with E-state index in [1.807, 2.05) is 19.0 Å². The number of nitrogens with one attached hydrogen (secondary N) is 1. The van der Waals surface area contributed by atoms with Crippen molar-refractivity contribution in [3.63, 3.8) is 0 Å². The van der Waals surface area contributed by atoms with Crippen molar-refractivity contribution in [2.45, 2.75) is 18.7 Å². The monoisotopic (exact) mass is 395 g/mol. The van der Waals surface area contributed by atoms with Crippen molar-refractivity contribution < 1.29 is 13.2 Å². The highest BCUT2D eigenvalue weighted by Crippen LogP contribution is 2.28. The molecule has 1 fully saturated rings. The summed E-state index contributed by atoms with van der Waals surface area (Å²) in [7, 11) is 1.51. The number of hydrogen-bond donors (Lipinski definition) is 1. The summed E-state index contributed by atoms with van der Waals surface area (Å²) in [6.45, 7) is 6.03. The average Bonchev–Trinajstić information content (AvgIpc) is 2.88. The van der Waals surface area contributed by atoms with Gasteiger partial charge in [-0.3, -0.25) is 9.40 Å². The number of aromatic nitrogens is 4. The molecule has 0 spiro atoms. The predicted octanol–water partition coefficient (Wildman–Crippen LogP) is 0.530. The Hall–Kier alpha value is -2.40. The van der Waals surface area contributed by atoms with Crippen molar-refractivity contribution in [2.24, 2.45) is 7.05 Å². The van der Waals surface area contributed by atoms with Crippen molar-refractivity contribution in [1.82, 2.24) is 19.7 Å². The zero-order valence-corrected chi connectivity index (χ0v) is 17.0. The third-order valence-electron chi connectivity index (χ3n) is 4.43. The zero-order valence-electron chi connectivity index (χ0n) is 16.2. The van der Waals surface area contributed by atoms with Gasteiger partial charge in [-0.15, -0.1) is 0 Å². The van der Waals surface area contributed by atoms with Crippen molar-refractivity contribution >= 4 is 27.5 Å². The van der Waals surface area contributed by atoms with Gasteiger partial charge in [0.2, 0.25) is 5.95 Å². The van der Waals surface area contributed by atoms with Gasteiger partial charge in [0, 0.05) is 34.2 Å². The lowest BCUT2D eigenvalue weighted by molar-refractivity contribution is 0.122. The Morgan fingerprint density at radius 1 is 1.22 bits per heavy atom. The summed E-state index contributed by atoms with van der Waals surface area (Å²) in [5, 5.41) is 4.19. The molecule has 0 aromatic carbocycles. The first-order valence-electron chi connectivity index (χ1n) is 8.61. The normalized spacial score (nSPS) is 15.1. The summed E-state index contributed by atoms with van der Waals surface area (Å²) in [4.78, 5) is 12.9. The van der Waals surface area contributed by atoms with E-state index >= 15 is 0 Å². The fourth-order valence-corrected chi connectivity index (χ4v) is 4.52. The van der Waals surface area contributed by atoms with Crippen LogP contribution in [0.5, 0.6) is 0 Å². The lowest BCUT2D eigenvalue weighted by Crippen LogP contribution is -2.37. The number of rotatable bonds is 5. The highest BCUT2D eigenvalue weighted by Gasteiger charge is 2.26. The van der Waals surface area contributed by atoms with Crippen LogP contribution in [0.15, 0.2) is 11.1 Å². The summed E-state index contributed by atoms with van der Waals surface area (Å²) in [6.07, 6.45) is 1.51. The molecule has 27 heavy (non-hydrogen) atoms. The maximum absolute atomic E-state index is 13.0. The van der Waals surface area contributed by atoms with Crippen LogP contribution in [-0.4, -0.2) is 68.6 Å². The lowest BCUT2D eigenvalue weighted by atomic mass is 10.4. The standard InChI is InChI=1S/C16H25N7O3S/c1-11-14(12(2)22(5)19-11)27(24,25)20-13-10-17-16(18-15(13)21(3)4)23-6-8-26-9-7-23/h10,20H,6-9H2,1-5H3. The molecule has 2 aromatic rings. The molecular weight excluding hydrogens is 370 g/mol. The topological polar surface area (TPSA) is 105 Å². The summed E-state index contributed by atoms with van der Waals surface area (Å²) >= 11 is 0. The highest BCUT2D eigenvalue weighted by molar-refractivity contribution is 7.92. The molecule has 1 N–H and O–H groups in total. The Balaban J connectivity index is 1.96. The van der Waals surface area contributed by atoms with Crippen molar-refractivity contribution in [2.75, 3.05) is 54.9 Å². The molecule has 0 saturated carbocycles. The molecule has 3 heterocycles. The summed E-state index contributed by atoms with van der Waals surface area (Å²) in [5.74, 6) is 1.05. The molecule has 148 valence electrons. The molecule has 0 bridgehead atoms. The Kier molecular flexibility index (Phi) is 5.24. The molecule has 0 radical (unpaired) electrons. The molecule has 3 rings (SSSR count). The van der Waals surface area contributed by atoms with Gasteiger partial charge >= 0.3 is 0 Å². The molecule has 2 aromatic heterocycles. The van der Waals surface area contributed by atoms with Gasteiger partial charge in [-0.2, -0.15) is 10.1 Å². The Labute approximate surface area is 159 Å². The van der Waals surface area contributed by atoms with Crippen molar-refractivity contribution in [3.8, 4) is 0 Å². The number of ether oxygens (including phenoxy) is 1. The second kappa shape index (κ2) is 7.31. The molecule has 0 amide bonds.